The summed E-state index contributed by atoms with van der Waals surface area (Å²) in [5.41, 5.74) is 2.92. The molecular formula is C21H31N3O4. The zero-order chi connectivity index (χ0) is 20.7. The summed E-state index contributed by atoms with van der Waals surface area (Å²) in [5.74, 6) is -0.671. The highest BCUT2D eigenvalue weighted by molar-refractivity contribution is 5.93. The topological polar surface area (TPSA) is 79.0 Å². The van der Waals surface area contributed by atoms with E-state index in [0.29, 0.717) is 19.6 Å². The van der Waals surface area contributed by atoms with Crippen LogP contribution in [-0.4, -0.2) is 66.9 Å². The molecule has 0 radical (unpaired) electrons. The van der Waals surface area contributed by atoms with Crippen LogP contribution in [0.4, 0.5) is 5.69 Å². The molecule has 1 aliphatic rings. The van der Waals surface area contributed by atoms with Gasteiger partial charge in [-0.25, -0.2) is 4.79 Å². The lowest BCUT2D eigenvalue weighted by molar-refractivity contribution is -0.157. The lowest BCUT2D eigenvalue weighted by Crippen LogP contribution is -2.51. The van der Waals surface area contributed by atoms with Gasteiger partial charge in [0.05, 0.1) is 19.7 Å². The Labute approximate surface area is 167 Å². The van der Waals surface area contributed by atoms with E-state index in [1.165, 1.54) is 0 Å². The highest BCUT2D eigenvalue weighted by Gasteiger charge is 2.33. The van der Waals surface area contributed by atoms with Gasteiger partial charge in [-0.05, 0) is 64.3 Å². The predicted octanol–water partition coefficient (Wildman–Crippen LogP) is 2.12. The van der Waals surface area contributed by atoms with Crippen LogP contribution in [0.15, 0.2) is 18.2 Å². The third-order valence-electron chi connectivity index (χ3n) is 5.08. The van der Waals surface area contributed by atoms with Gasteiger partial charge >= 0.3 is 5.97 Å². The second-order valence-corrected chi connectivity index (χ2v) is 7.32. The number of aryl methyl sites for hydroxylation is 1. The van der Waals surface area contributed by atoms with Crippen LogP contribution >= 0.6 is 0 Å². The number of carbonyl (C=O) groups excluding carboxylic acids is 3. The number of piperidine rings is 1. The minimum Gasteiger partial charge on any atom is -0.464 e. The molecule has 0 aromatic heterocycles. The second kappa shape index (κ2) is 10.2. The number of ether oxygens (including phenoxy) is 1. The minimum atomic E-state index is -0.515. The number of rotatable bonds is 7. The number of hydrogen-bond donors (Lipinski definition) is 1. The lowest BCUT2D eigenvalue weighted by atomic mass is 10.0. The summed E-state index contributed by atoms with van der Waals surface area (Å²) in [6, 6.07) is 5.24. The SMILES string of the molecule is CCOC(=O)[C@H]1CCCCN1C(=O)CN(C)CC(=O)Nc1cccc(C)c1C. The summed E-state index contributed by atoms with van der Waals surface area (Å²) < 4.78 is 5.11. The van der Waals surface area contributed by atoms with Gasteiger partial charge in [-0.3, -0.25) is 14.5 Å². The fraction of sp³-hybridized carbons (Fsp3) is 0.571. The number of carbonyl (C=O) groups is 3. The molecule has 1 fully saturated rings. The summed E-state index contributed by atoms with van der Waals surface area (Å²) in [6.07, 6.45) is 2.40. The van der Waals surface area contributed by atoms with Gasteiger partial charge in [0.15, 0.2) is 0 Å². The Hall–Kier alpha value is -2.41. The second-order valence-electron chi connectivity index (χ2n) is 7.32. The lowest BCUT2D eigenvalue weighted by Gasteiger charge is -2.35. The van der Waals surface area contributed by atoms with E-state index < -0.39 is 6.04 Å². The van der Waals surface area contributed by atoms with E-state index in [4.69, 9.17) is 4.74 Å². The van der Waals surface area contributed by atoms with Crippen molar-refractivity contribution < 1.29 is 19.1 Å². The van der Waals surface area contributed by atoms with Crippen molar-refractivity contribution in [3.63, 3.8) is 0 Å². The third-order valence-corrected chi connectivity index (χ3v) is 5.08. The zero-order valence-electron chi connectivity index (χ0n) is 17.3. The normalized spacial score (nSPS) is 16.8. The van der Waals surface area contributed by atoms with Gasteiger partial charge in [-0.15, -0.1) is 0 Å². The Morgan fingerprint density at radius 2 is 1.96 bits per heavy atom. The van der Waals surface area contributed by atoms with Crippen LogP contribution < -0.4 is 5.32 Å². The fourth-order valence-electron chi connectivity index (χ4n) is 3.41. The number of anilines is 1. The largest absolute Gasteiger partial charge is 0.464 e. The van der Waals surface area contributed by atoms with Gasteiger partial charge in [-0.1, -0.05) is 12.1 Å². The van der Waals surface area contributed by atoms with Crippen molar-refractivity contribution in [2.75, 3.05) is 38.6 Å². The van der Waals surface area contributed by atoms with Crippen LogP contribution in [0.2, 0.25) is 0 Å². The van der Waals surface area contributed by atoms with Gasteiger partial charge in [0.1, 0.15) is 6.04 Å². The molecule has 0 saturated carbocycles. The quantitative estimate of drug-likeness (QED) is 0.723. The molecule has 0 aliphatic carbocycles. The fourth-order valence-corrected chi connectivity index (χ4v) is 3.41. The molecule has 28 heavy (non-hydrogen) atoms. The van der Waals surface area contributed by atoms with Crippen LogP contribution in [0.3, 0.4) is 0 Å². The predicted molar refractivity (Wildman–Crippen MR) is 108 cm³/mol. The maximum Gasteiger partial charge on any atom is 0.328 e. The van der Waals surface area contributed by atoms with Crippen molar-refractivity contribution in [1.82, 2.24) is 9.80 Å². The molecule has 0 bridgehead atoms. The molecule has 154 valence electrons. The standard InChI is InChI=1S/C21H31N3O4/c1-5-28-21(27)18-11-6-7-12-24(18)20(26)14-23(4)13-19(25)22-17-10-8-9-15(2)16(17)3/h8-10,18H,5-7,11-14H2,1-4H3,(H,22,25)/t18-/m1/s1. The monoisotopic (exact) mass is 389 g/mol. The van der Waals surface area contributed by atoms with E-state index in [-0.39, 0.29) is 30.9 Å². The highest BCUT2D eigenvalue weighted by atomic mass is 16.5. The zero-order valence-corrected chi connectivity index (χ0v) is 17.3. The minimum absolute atomic E-state index is 0.0795. The summed E-state index contributed by atoms with van der Waals surface area (Å²) >= 11 is 0. The van der Waals surface area contributed by atoms with Crippen molar-refractivity contribution in [1.29, 1.82) is 0 Å². The summed E-state index contributed by atoms with van der Waals surface area (Å²) in [7, 11) is 1.73. The van der Waals surface area contributed by atoms with E-state index >= 15 is 0 Å². The Bertz CT molecular complexity index is 720. The Morgan fingerprint density at radius 3 is 2.68 bits per heavy atom. The third kappa shape index (κ3) is 5.79. The average Bonchev–Trinajstić information content (AvgIpc) is 2.65. The number of hydrogen-bond acceptors (Lipinski definition) is 5. The van der Waals surface area contributed by atoms with Gasteiger partial charge in [0, 0.05) is 12.2 Å². The molecular weight excluding hydrogens is 358 g/mol. The Balaban J connectivity index is 1.91. The molecule has 7 nitrogen and oxygen atoms in total. The van der Waals surface area contributed by atoms with Crippen LogP contribution in [-0.2, 0) is 19.1 Å². The Morgan fingerprint density at radius 1 is 1.21 bits per heavy atom. The van der Waals surface area contributed by atoms with Crippen LogP contribution in [0.25, 0.3) is 0 Å². The van der Waals surface area contributed by atoms with Crippen molar-refractivity contribution in [2.24, 2.45) is 0 Å². The first-order valence-electron chi connectivity index (χ1n) is 9.84. The van der Waals surface area contributed by atoms with Crippen molar-refractivity contribution in [3.05, 3.63) is 29.3 Å². The molecule has 2 amide bonds. The molecule has 7 heteroatoms. The van der Waals surface area contributed by atoms with Gasteiger partial charge in [-0.2, -0.15) is 0 Å². The summed E-state index contributed by atoms with van der Waals surface area (Å²) in [4.78, 5) is 40.5. The van der Waals surface area contributed by atoms with Crippen molar-refractivity contribution in [3.8, 4) is 0 Å². The number of nitrogens with zero attached hydrogens (tertiary/aromatic N) is 2. The van der Waals surface area contributed by atoms with Crippen LogP contribution in [0.5, 0.6) is 0 Å². The number of likely N-dealkylation sites (tertiary alicyclic amines) is 1. The number of nitrogens with one attached hydrogen (secondary N) is 1. The Kier molecular flexibility index (Phi) is 7.99. The summed E-state index contributed by atoms with van der Waals surface area (Å²) in [5, 5.41) is 2.90. The van der Waals surface area contributed by atoms with Crippen molar-refractivity contribution in [2.45, 2.75) is 46.1 Å². The molecule has 1 aromatic carbocycles. The van der Waals surface area contributed by atoms with Gasteiger partial charge in [0.25, 0.3) is 0 Å². The first kappa shape index (κ1) is 21.9. The van der Waals surface area contributed by atoms with E-state index in [2.05, 4.69) is 5.32 Å². The van der Waals surface area contributed by atoms with E-state index in [1.807, 2.05) is 32.0 Å². The molecule has 1 heterocycles. The average molecular weight is 389 g/mol. The van der Waals surface area contributed by atoms with Crippen molar-refractivity contribution >= 4 is 23.5 Å². The molecule has 2 rings (SSSR count). The molecule has 1 saturated heterocycles. The van der Waals surface area contributed by atoms with Crippen LogP contribution in [0.1, 0.15) is 37.3 Å². The smallest absolute Gasteiger partial charge is 0.328 e. The van der Waals surface area contributed by atoms with E-state index in [1.54, 1.807) is 23.8 Å². The molecule has 0 spiro atoms. The molecule has 0 unspecified atom stereocenters. The van der Waals surface area contributed by atoms with Gasteiger partial charge in [0.2, 0.25) is 11.8 Å². The number of esters is 1. The highest BCUT2D eigenvalue weighted by Crippen LogP contribution is 2.19. The van der Waals surface area contributed by atoms with Crippen LogP contribution in [0, 0.1) is 13.8 Å². The van der Waals surface area contributed by atoms with E-state index in [9.17, 15) is 14.4 Å². The van der Waals surface area contributed by atoms with Gasteiger partial charge < -0.3 is 15.0 Å². The molecule has 1 aromatic rings. The molecule has 1 aliphatic heterocycles. The number of likely N-dealkylation sites (N-methyl/N-ethyl adjacent to an activating group) is 1. The number of amides is 2. The number of benzene rings is 1. The first-order valence-corrected chi connectivity index (χ1v) is 9.84. The van der Waals surface area contributed by atoms with E-state index in [0.717, 1.165) is 29.7 Å². The molecule has 1 atom stereocenters. The maximum atomic E-state index is 12.7. The maximum absolute atomic E-state index is 12.7. The summed E-state index contributed by atoms with van der Waals surface area (Å²) in [6.45, 7) is 6.74. The molecule has 1 N–H and O–H groups in total. The first-order chi connectivity index (χ1) is 13.3.